The fourth-order valence-electron chi connectivity index (χ4n) is 1.86. The third-order valence-corrected chi connectivity index (χ3v) is 4.48. The Hall–Kier alpha value is -1.42. The zero-order valence-electron chi connectivity index (χ0n) is 9.96. The molecule has 2 rings (SSSR count). The average molecular weight is 266 g/mol. The third-order valence-electron chi connectivity index (χ3n) is 2.98. The number of ether oxygens (including phenoxy) is 1. The van der Waals surface area contributed by atoms with E-state index in [0.29, 0.717) is 18.6 Å². The van der Waals surface area contributed by atoms with Gasteiger partial charge in [0.25, 0.3) is 0 Å². The summed E-state index contributed by atoms with van der Waals surface area (Å²) in [5, 5.41) is 8.66. The van der Waals surface area contributed by atoms with E-state index >= 15 is 0 Å². The third kappa shape index (κ3) is 2.70. The minimum Gasteiger partial charge on any atom is -0.377 e. The molecular weight excluding hydrogens is 252 g/mol. The molecule has 1 aromatic rings. The van der Waals surface area contributed by atoms with E-state index < -0.39 is 10.0 Å². The molecule has 0 bridgehead atoms. The summed E-state index contributed by atoms with van der Waals surface area (Å²) < 4.78 is 32.1. The van der Waals surface area contributed by atoms with Crippen LogP contribution in [0.15, 0.2) is 29.2 Å². The Morgan fingerprint density at radius 1 is 1.39 bits per heavy atom. The molecule has 1 N–H and O–H groups in total. The van der Waals surface area contributed by atoms with Gasteiger partial charge in [0.05, 0.1) is 28.7 Å². The van der Waals surface area contributed by atoms with Crippen LogP contribution in [0.5, 0.6) is 0 Å². The maximum atomic E-state index is 12.1. The van der Waals surface area contributed by atoms with Gasteiger partial charge in [-0.2, -0.15) is 5.26 Å². The van der Waals surface area contributed by atoms with Gasteiger partial charge in [-0.05, 0) is 37.6 Å². The summed E-state index contributed by atoms with van der Waals surface area (Å²) in [6.07, 6.45) is 0.564. The van der Waals surface area contributed by atoms with Crippen molar-refractivity contribution in [2.75, 3.05) is 6.61 Å². The van der Waals surface area contributed by atoms with Crippen molar-refractivity contribution in [3.05, 3.63) is 29.8 Å². The van der Waals surface area contributed by atoms with E-state index in [1.165, 1.54) is 24.3 Å². The largest absolute Gasteiger partial charge is 0.377 e. The van der Waals surface area contributed by atoms with Crippen LogP contribution in [0.3, 0.4) is 0 Å². The molecule has 0 aromatic heterocycles. The van der Waals surface area contributed by atoms with Crippen LogP contribution in [0.1, 0.15) is 18.9 Å². The zero-order chi connectivity index (χ0) is 13.2. The Bertz CT molecular complexity index is 560. The Morgan fingerprint density at radius 3 is 2.56 bits per heavy atom. The van der Waals surface area contributed by atoms with Gasteiger partial charge in [0, 0.05) is 6.61 Å². The molecule has 0 aliphatic carbocycles. The van der Waals surface area contributed by atoms with Crippen LogP contribution in [0, 0.1) is 11.3 Å². The lowest BCUT2D eigenvalue weighted by atomic mass is 10.2. The molecular formula is C12H14N2O3S. The first kappa shape index (κ1) is 13.0. The highest BCUT2D eigenvalue weighted by molar-refractivity contribution is 7.89. The van der Waals surface area contributed by atoms with E-state index in [9.17, 15) is 8.42 Å². The van der Waals surface area contributed by atoms with Gasteiger partial charge in [0.2, 0.25) is 10.0 Å². The van der Waals surface area contributed by atoms with Gasteiger partial charge in [-0.15, -0.1) is 0 Å². The molecule has 1 aliphatic heterocycles. The first-order chi connectivity index (χ1) is 8.53. The van der Waals surface area contributed by atoms with Gasteiger partial charge in [0.15, 0.2) is 0 Å². The number of nitrogens with zero attached hydrogens (tertiary/aromatic N) is 1. The van der Waals surface area contributed by atoms with Crippen molar-refractivity contribution in [2.45, 2.75) is 30.4 Å². The highest BCUT2D eigenvalue weighted by Crippen LogP contribution is 2.17. The average Bonchev–Trinajstić information content (AvgIpc) is 2.74. The van der Waals surface area contributed by atoms with E-state index in [1.807, 2.05) is 13.0 Å². The highest BCUT2D eigenvalue weighted by Gasteiger charge is 2.29. The minimum atomic E-state index is -3.54. The molecule has 0 radical (unpaired) electrons. The SMILES string of the molecule is CC1OCCC1NS(=O)(=O)c1ccc(C#N)cc1. The number of nitriles is 1. The summed E-state index contributed by atoms with van der Waals surface area (Å²) >= 11 is 0. The lowest BCUT2D eigenvalue weighted by Gasteiger charge is -2.16. The first-order valence-corrected chi connectivity index (χ1v) is 7.15. The van der Waals surface area contributed by atoms with E-state index in [0.717, 1.165) is 0 Å². The number of hydrogen-bond donors (Lipinski definition) is 1. The monoisotopic (exact) mass is 266 g/mol. The molecule has 0 amide bonds. The van der Waals surface area contributed by atoms with Gasteiger partial charge in [-0.1, -0.05) is 0 Å². The van der Waals surface area contributed by atoms with Crippen LogP contribution < -0.4 is 4.72 Å². The minimum absolute atomic E-state index is 0.113. The van der Waals surface area contributed by atoms with E-state index in [4.69, 9.17) is 10.00 Å². The van der Waals surface area contributed by atoms with E-state index in [-0.39, 0.29) is 17.0 Å². The van der Waals surface area contributed by atoms with Gasteiger partial charge in [0.1, 0.15) is 0 Å². The molecule has 96 valence electrons. The lowest BCUT2D eigenvalue weighted by molar-refractivity contribution is 0.117. The second kappa shape index (κ2) is 5.06. The quantitative estimate of drug-likeness (QED) is 0.885. The topological polar surface area (TPSA) is 79.2 Å². The fourth-order valence-corrected chi connectivity index (χ4v) is 3.20. The summed E-state index contributed by atoms with van der Waals surface area (Å²) in [6.45, 7) is 2.42. The van der Waals surface area contributed by atoms with Crippen LogP contribution in [0.4, 0.5) is 0 Å². The number of benzene rings is 1. The molecule has 0 spiro atoms. The molecule has 18 heavy (non-hydrogen) atoms. The van der Waals surface area contributed by atoms with Crippen molar-refractivity contribution in [3.63, 3.8) is 0 Å². The standard InChI is InChI=1S/C12H14N2O3S/c1-9-12(6-7-17-9)14-18(15,16)11-4-2-10(8-13)3-5-11/h2-5,9,12,14H,6-7H2,1H3. The molecule has 6 heteroatoms. The Morgan fingerprint density at radius 2 is 2.06 bits per heavy atom. The number of nitrogens with one attached hydrogen (secondary N) is 1. The van der Waals surface area contributed by atoms with Crippen molar-refractivity contribution in [2.24, 2.45) is 0 Å². The van der Waals surface area contributed by atoms with Crippen LogP contribution in [-0.4, -0.2) is 27.2 Å². The first-order valence-electron chi connectivity index (χ1n) is 5.67. The van der Waals surface area contributed by atoms with Crippen molar-refractivity contribution in [3.8, 4) is 6.07 Å². The van der Waals surface area contributed by atoms with E-state index in [1.54, 1.807) is 0 Å². The Kier molecular flexibility index (Phi) is 3.66. The predicted octanol–water partition coefficient (Wildman–Crippen LogP) is 1.01. The van der Waals surface area contributed by atoms with Crippen molar-refractivity contribution in [1.82, 2.24) is 4.72 Å². The number of rotatable bonds is 3. The van der Waals surface area contributed by atoms with Gasteiger partial charge in [-0.25, -0.2) is 13.1 Å². The molecule has 2 atom stereocenters. The Labute approximate surface area is 106 Å². The van der Waals surface area contributed by atoms with Gasteiger partial charge < -0.3 is 4.74 Å². The highest BCUT2D eigenvalue weighted by atomic mass is 32.2. The fraction of sp³-hybridized carbons (Fsp3) is 0.417. The van der Waals surface area contributed by atoms with Gasteiger partial charge >= 0.3 is 0 Å². The number of sulfonamides is 1. The summed E-state index contributed by atoms with van der Waals surface area (Å²) in [5.74, 6) is 0. The van der Waals surface area contributed by atoms with Crippen molar-refractivity contribution < 1.29 is 13.2 Å². The lowest BCUT2D eigenvalue weighted by Crippen LogP contribution is -2.39. The molecule has 1 heterocycles. The van der Waals surface area contributed by atoms with Gasteiger partial charge in [-0.3, -0.25) is 0 Å². The Balaban J connectivity index is 2.17. The molecule has 5 nitrogen and oxygen atoms in total. The van der Waals surface area contributed by atoms with E-state index in [2.05, 4.69) is 4.72 Å². The summed E-state index contributed by atoms with van der Waals surface area (Å²) in [5.41, 5.74) is 0.437. The van der Waals surface area contributed by atoms with Crippen LogP contribution in [-0.2, 0) is 14.8 Å². The summed E-state index contributed by atoms with van der Waals surface area (Å²) in [7, 11) is -3.54. The molecule has 1 fully saturated rings. The molecule has 2 unspecified atom stereocenters. The maximum absolute atomic E-state index is 12.1. The smallest absolute Gasteiger partial charge is 0.240 e. The second-order valence-corrected chi connectivity index (χ2v) is 5.94. The molecule has 1 aromatic carbocycles. The number of hydrogen-bond acceptors (Lipinski definition) is 4. The van der Waals surface area contributed by atoms with Crippen molar-refractivity contribution >= 4 is 10.0 Å². The molecule has 1 aliphatic rings. The predicted molar refractivity (Wildman–Crippen MR) is 65.3 cm³/mol. The van der Waals surface area contributed by atoms with Crippen LogP contribution in [0.25, 0.3) is 0 Å². The normalized spacial score (nSPS) is 23.8. The van der Waals surface area contributed by atoms with Crippen LogP contribution >= 0.6 is 0 Å². The summed E-state index contributed by atoms with van der Waals surface area (Å²) in [6, 6.07) is 7.60. The van der Waals surface area contributed by atoms with Crippen molar-refractivity contribution in [1.29, 1.82) is 5.26 Å². The maximum Gasteiger partial charge on any atom is 0.240 e. The zero-order valence-corrected chi connectivity index (χ0v) is 10.8. The molecule has 1 saturated heterocycles. The summed E-state index contributed by atoms with van der Waals surface area (Å²) in [4.78, 5) is 0.167. The molecule has 0 saturated carbocycles. The van der Waals surface area contributed by atoms with Crippen LogP contribution in [0.2, 0.25) is 0 Å². The second-order valence-electron chi connectivity index (χ2n) is 4.23.